The predicted molar refractivity (Wildman–Crippen MR) is 182 cm³/mol. The third-order valence-electron chi connectivity index (χ3n) is 9.58. The van der Waals surface area contributed by atoms with E-state index in [1.54, 1.807) is 12.1 Å². The van der Waals surface area contributed by atoms with Gasteiger partial charge in [-0.2, -0.15) is 0 Å². The molecule has 0 atom stereocenters. The zero-order chi connectivity index (χ0) is 34.8. The van der Waals surface area contributed by atoms with Gasteiger partial charge in [0.05, 0.1) is 50.7 Å². The van der Waals surface area contributed by atoms with Crippen LogP contribution in [0.4, 0.5) is 0 Å². The van der Waals surface area contributed by atoms with E-state index in [9.17, 15) is 19.2 Å². The summed E-state index contributed by atoms with van der Waals surface area (Å²) in [5, 5.41) is 5.78. The molecule has 12 heteroatoms. The van der Waals surface area contributed by atoms with Crippen LogP contribution in [0.3, 0.4) is 0 Å². The highest BCUT2D eigenvalue weighted by molar-refractivity contribution is 6.05. The first-order valence-electron chi connectivity index (χ1n) is 16.7. The Bertz CT molecular complexity index is 1460. The van der Waals surface area contributed by atoms with E-state index < -0.39 is 5.91 Å². The number of nitrogens with one attached hydrogen (secondary N) is 2. The fourth-order valence-electron chi connectivity index (χ4n) is 6.78. The second kappa shape index (κ2) is 17.3. The number of Topliss-reactive ketones (excluding diaryl/α,β-unsaturated/α-hetero) is 2. The molecular weight excluding hydrogens is 616 g/mol. The molecule has 0 heterocycles. The van der Waals surface area contributed by atoms with Gasteiger partial charge in [-0.05, 0) is 75.3 Å². The maximum atomic E-state index is 13.6. The maximum Gasteiger partial charge on any atom is 0.255 e. The summed E-state index contributed by atoms with van der Waals surface area (Å²) in [6.07, 6.45) is 7.18. The van der Waals surface area contributed by atoms with Crippen molar-refractivity contribution in [1.82, 2.24) is 10.6 Å². The molecule has 2 aliphatic rings. The molecule has 6 N–H and O–H groups in total. The van der Waals surface area contributed by atoms with Crippen molar-refractivity contribution in [3.8, 4) is 23.0 Å². The van der Waals surface area contributed by atoms with Gasteiger partial charge in [0.25, 0.3) is 11.8 Å². The van der Waals surface area contributed by atoms with E-state index in [-0.39, 0.29) is 77.1 Å². The number of ketones is 2. The molecule has 4 rings (SSSR count). The van der Waals surface area contributed by atoms with Crippen molar-refractivity contribution in [3.63, 3.8) is 0 Å². The van der Waals surface area contributed by atoms with E-state index in [4.69, 9.17) is 30.4 Å². The molecular formula is C36H50N4O8. The van der Waals surface area contributed by atoms with Crippen LogP contribution in [0.5, 0.6) is 23.0 Å². The molecule has 0 saturated heterocycles. The number of nitrogens with two attached hydrogens (primary N) is 2. The Morgan fingerprint density at radius 2 is 1.04 bits per heavy atom. The van der Waals surface area contributed by atoms with Crippen molar-refractivity contribution >= 4 is 23.4 Å². The highest BCUT2D eigenvalue weighted by atomic mass is 16.5. The Kier molecular flexibility index (Phi) is 13.2. The minimum atomic E-state index is -0.404. The maximum absolute atomic E-state index is 13.6. The quantitative estimate of drug-likeness (QED) is 0.202. The Labute approximate surface area is 282 Å². The van der Waals surface area contributed by atoms with Crippen LogP contribution in [0.15, 0.2) is 24.3 Å². The van der Waals surface area contributed by atoms with Gasteiger partial charge < -0.3 is 41.0 Å². The lowest BCUT2D eigenvalue weighted by molar-refractivity contribution is 0.0892. The van der Waals surface area contributed by atoms with Gasteiger partial charge in [-0.1, -0.05) is 0 Å². The molecule has 2 fully saturated rings. The number of hydrogen-bond acceptors (Lipinski definition) is 10. The summed E-state index contributed by atoms with van der Waals surface area (Å²) < 4.78 is 21.9. The van der Waals surface area contributed by atoms with E-state index in [2.05, 4.69) is 10.6 Å². The number of methoxy groups -OCH3 is 4. The minimum absolute atomic E-state index is 0.0444. The predicted octanol–water partition coefficient (Wildman–Crippen LogP) is 4.06. The SMILES string of the molecule is COc1cc(OC)c(C(=O)CC2CCC(NC(=O)c3cc(C(=O)NCCN)c(OC)cc3OC)CC2)cc1C(=O)CC1CCC(N)CC1. The fraction of sp³-hybridized carbons (Fsp3) is 0.556. The molecule has 0 spiro atoms. The summed E-state index contributed by atoms with van der Waals surface area (Å²) in [5.41, 5.74) is 12.8. The zero-order valence-electron chi connectivity index (χ0n) is 28.5. The summed E-state index contributed by atoms with van der Waals surface area (Å²) in [6, 6.07) is 6.34. The smallest absolute Gasteiger partial charge is 0.255 e. The highest BCUT2D eigenvalue weighted by Gasteiger charge is 2.29. The first kappa shape index (κ1) is 36.7. The van der Waals surface area contributed by atoms with Crippen LogP contribution in [-0.4, -0.2) is 77.0 Å². The van der Waals surface area contributed by atoms with Crippen LogP contribution in [0.2, 0.25) is 0 Å². The van der Waals surface area contributed by atoms with Crippen molar-refractivity contribution in [3.05, 3.63) is 46.5 Å². The summed E-state index contributed by atoms with van der Waals surface area (Å²) in [6.45, 7) is 0.555. The van der Waals surface area contributed by atoms with E-state index in [0.717, 1.165) is 38.5 Å². The Morgan fingerprint density at radius 3 is 1.50 bits per heavy atom. The van der Waals surface area contributed by atoms with Crippen molar-refractivity contribution in [2.75, 3.05) is 41.5 Å². The molecule has 12 nitrogen and oxygen atoms in total. The first-order valence-corrected chi connectivity index (χ1v) is 16.7. The van der Waals surface area contributed by atoms with Gasteiger partial charge in [0.15, 0.2) is 11.6 Å². The van der Waals surface area contributed by atoms with Gasteiger partial charge in [0, 0.05) is 50.1 Å². The third kappa shape index (κ3) is 9.04. The normalized spacial score (nSPS) is 20.7. The van der Waals surface area contributed by atoms with E-state index in [1.807, 2.05) is 0 Å². The van der Waals surface area contributed by atoms with Crippen molar-refractivity contribution in [2.45, 2.75) is 76.3 Å². The average Bonchev–Trinajstić information content (AvgIpc) is 3.10. The van der Waals surface area contributed by atoms with E-state index in [0.29, 0.717) is 48.3 Å². The Morgan fingerprint density at radius 1 is 0.625 bits per heavy atom. The van der Waals surface area contributed by atoms with E-state index in [1.165, 1.54) is 40.6 Å². The van der Waals surface area contributed by atoms with Crippen LogP contribution in [0, 0.1) is 11.8 Å². The molecule has 0 radical (unpaired) electrons. The third-order valence-corrected chi connectivity index (χ3v) is 9.58. The summed E-state index contributed by atoms with van der Waals surface area (Å²) in [5.74, 6) is 0.813. The fourth-order valence-corrected chi connectivity index (χ4v) is 6.78. The summed E-state index contributed by atoms with van der Waals surface area (Å²) in [7, 11) is 5.90. The molecule has 2 amide bonds. The summed E-state index contributed by atoms with van der Waals surface area (Å²) >= 11 is 0. The van der Waals surface area contributed by atoms with Gasteiger partial charge in [-0.3, -0.25) is 19.2 Å². The number of hydrogen-bond donors (Lipinski definition) is 4. The molecule has 0 unspecified atom stereocenters. The van der Waals surface area contributed by atoms with Crippen LogP contribution in [0.1, 0.15) is 106 Å². The van der Waals surface area contributed by atoms with Gasteiger partial charge >= 0.3 is 0 Å². The molecule has 2 aromatic carbocycles. The van der Waals surface area contributed by atoms with Gasteiger partial charge in [0.1, 0.15) is 23.0 Å². The molecule has 0 bridgehead atoms. The van der Waals surface area contributed by atoms with Crippen molar-refractivity contribution in [1.29, 1.82) is 0 Å². The molecule has 2 aliphatic carbocycles. The summed E-state index contributed by atoms with van der Waals surface area (Å²) in [4.78, 5) is 53.1. The average molecular weight is 667 g/mol. The minimum Gasteiger partial charge on any atom is -0.496 e. The van der Waals surface area contributed by atoms with Crippen LogP contribution in [-0.2, 0) is 0 Å². The van der Waals surface area contributed by atoms with Crippen LogP contribution < -0.4 is 41.0 Å². The van der Waals surface area contributed by atoms with Gasteiger partial charge in [-0.15, -0.1) is 0 Å². The highest BCUT2D eigenvalue weighted by Crippen LogP contribution is 2.36. The number of ether oxygens (including phenoxy) is 4. The number of rotatable bonds is 15. The Balaban J connectivity index is 1.39. The van der Waals surface area contributed by atoms with Crippen molar-refractivity contribution < 1.29 is 38.1 Å². The zero-order valence-corrected chi connectivity index (χ0v) is 28.5. The molecule has 48 heavy (non-hydrogen) atoms. The molecule has 262 valence electrons. The number of benzene rings is 2. The molecule has 0 aliphatic heterocycles. The van der Waals surface area contributed by atoms with Crippen LogP contribution in [0.25, 0.3) is 0 Å². The molecule has 0 aromatic heterocycles. The number of carbonyl (C=O) groups is 4. The second-order valence-corrected chi connectivity index (χ2v) is 12.8. The number of carbonyl (C=O) groups excluding carboxylic acids is 4. The first-order chi connectivity index (χ1) is 23.1. The molecule has 2 aromatic rings. The monoisotopic (exact) mass is 666 g/mol. The topological polar surface area (TPSA) is 181 Å². The van der Waals surface area contributed by atoms with Crippen LogP contribution >= 0.6 is 0 Å². The lowest BCUT2D eigenvalue weighted by Crippen LogP contribution is -2.38. The second-order valence-electron chi connectivity index (χ2n) is 12.8. The number of amides is 2. The molecule has 2 saturated carbocycles. The largest absolute Gasteiger partial charge is 0.496 e. The standard InChI is InChI=1S/C36H50N4O8/c1-45-31-19-32(46-2)26(17-25(31)29(41)15-21-5-9-23(38)10-6-21)30(42)16-22-7-11-24(12-8-22)40-36(44)28-18-27(35(43)39-14-13-37)33(47-3)20-34(28)48-4/h17-24H,5-16,37-38H2,1-4H3,(H,39,43)(H,40,44). The lowest BCUT2D eigenvalue weighted by Gasteiger charge is -2.29. The Hall–Kier alpha value is -4.16. The van der Waals surface area contributed by atoms with E-state index >= 15 is 0 Å². The lowest BCUT2D eigenvalue weighted by atomic mass is 9.81. The van der Waals surface area contributed by atoms with Crippen molar-refractivity contribution in [2.24, 2.45) is 23.3 Å². The van der Waals surface area contributed by atoms with Gasteiger partial charge in [0.2, 0.25) is 0 Å². The van der Waals surface area contributed by atoms with Gasteiger partial charge in [-0.25, -0.2) is 0 Å².